The van der Waals surface area contributed by atoms with E-state index in [1.54, 1.807) is 35.7 Å². The van der Waals surface area contributed by atoms with Crippen LogP contribution in [0.2, 0.25) is 5.02 Å². The standard InChI is InChI=1S/C17H18ClN3O5S2/c18-13-5-3-12(4-6-13)10-19-16(22)17(23)20-11-14-21(7-8-26-14)28(24,25)15-2-1-9-27-15/h1-6,9,14H,7-8,10-11H2,(H,19,22)(H,20,23)/t14-/m0/s1. The number of thiophene rings is 1. The van der Waals surface area contributed by atoms with E-state index in [-0.39, 0.29) is 30.5 Å². The highest BCUT2D eigenvalue weighted by Gasteiger charge is 2.37. The van der Waals surface area contributed by atoms with Gasteiger partial charge in [-0.25, -0.2) is 8.42 Å². The van der Waals surface area contributed by atoms with Crippen molar-refractivity contribution in [3.8, 4) is 0 Å². The van der Waals surface area contributed by atoms with Gasteiger partial charge in [-0.2, -0.15) is 4.31 Å². The molecular formula is C17H18ClN3O5S2. The van der Waals surface area contributed by atoms with Gasteiger partial charge in [0.25, 0.3) is 10.0 Å². The lowest BCUT2D eigenvalue weighted by molar-refractivity contribution is -0.139. The van der Waals surface area contributed by atoms with Gasteiger partial charge in [0.2, 0.25) is 0 Å². The predicted molar refractivity (Wildman–Crippen MR) is 104 cm³/mol. The molecule has 11 heteroatoms. The van der Waals surface area contributed by atoms with Crippen molar-refractivity contribution in [3.63, 3.8) is 0 Å². The van der Waals surface area contributed by atoms with Gasteiger partial charge >= 0.3 is 11.8 Å². The summed E-state index contributed by atoms with van der Waals surface area (Å²) in [5.41, 5.74) is 0.790. The molecule has 2 amide bonds. The second-order valence-electron chi connectivity index (χ2n) is 5.89. The van der Waals surface area contributed by atoms with Crippen LogP contribution >= 0.6 is 22.9 Å². The lowest BCUT2D eigenvalue weighted by Crippen LogP contribution is -2.47. The fourth-order valence-corrected chi connectivity index (χ4v) is 5.35. The molecule has 0 aliphatic carbocycles. The highest BCUT2D eigenvalue weighted by atomic mass is 35.5. The Kier molecular flexibility index (Phi) is 6.68. The van der Waals surface area contributed by atoms with Crippen molar-refractivity contribution >= 4 is 44.8 Å². The SMILES string of the molecule is O=C(NCc1ccc(Cl)cc1)C(=O)NC[C@@H]1OCCN1S(=O)(=O)c1cccs1. The van der Waals surface area contributed by atoms with Crippen molar-refractivity contribution < 1.29 is 22.7 Å². The summed E-state index contributed by atoms with van der Waals surface area (Å²) in [6, 6.07) is 10.0. The van der Waals surface area contributed by atoms with Gasteiger partial charge < -0.3 is 15.4 Å². The molecule has 0 spiro atoms. The second-order valence-corrected chi connectivity index (χ2v) is 9.39. The molecule has 1 atom stereocenters. The quantitative estimate of drug-likeness (QED) is 0.652. The van der Waals surface area contributed by atoms with Crippen molar-refractivity contribution in [1.82, 2.24) is 14.9 Å². The summed E-state index contributed by atoms with van der Waals surface area (Å²) < 4.78 is 32.0. The molecule has 8 nitrogen and oxygen atoms in total. The Hall–Kier alpha value is -1.98. The summed E-state index contributed by atoms with van der Waals surface area (Å²) in [7, 11) is -3.70. The molecule has 3 rings (SSSR count). The molecule has 1 aromatic heterocycles. The van der Waals surface area contributed by atoms with Crippen molar-refractivity contribution in [2.45, 2.75) is 17.0 Å². The number of amides is 2. The zero-order valence-corrected chi connectivity index (χ0v) is 17.0. The van der Waals surface area contributed by atoms with Gasteiger partial charge in [-0.3, -0.25) is 9.59 Å². The number of ether oxygens (including phenoxy) is 1. The predicted octanol–water partition coefficient (Wildman–Crippen LogP) is 1.18. The third-order valence-corrected chi connectivity index (χ3v) is 7.52. The Morgan fingerprint density at radius 3 is 2.57 bits per heavy atom. The van der Waals surface area contributed by atoms with E-state index < -0.39 is 28.1 Å². The average Bonchev–Trinajstić information content (AvgIpc) is 3.37. The number of carbonyl (C=O) groups excluding carboxylic acids is 2. The van der Waals surface area contributed by atoms with Crippen molar-refractivity contribution in [2.24, 2.45) is 0 Å². The molecular weight excluding hydrogens is 426 g/mol. The van der Waals surface area contributed by atoms with Crippen molar-refractivity contribution in [2.75, 3.05) is 19.7 Å². The number of benzene rings is 1. The van der Waals surface area contributed by atoms with E-state index in [0.29, 0.717) is 5.02 Å². The monoisotopic (exact) mass is 443 g/mol. The Morgan fingerprint density at radius 2 is 1.89 bits per heavy atom. The molecule has 150 valence electrons. The Bertz CT molecular complexity index is 932. The van der Waals surface area contributed by atoms with E-state index >= 15 is 0 Å². The molecule has 0 bridgehead atoms. The molecule has 28 heavy (non-hydrogen) atoms. The minimum absolute atomic E-state index is 0.127. The molecule has 1 saturated heterocycles. The van der Waals surface area contributed by atoms with Crippen molar-refractivity contribution in [3.05, 3.63) is 52.4 Å². The summed E-state index contributed by atoms with van der Waals surface area (Å²) in [6.45, 7) is 0.442. The molecule has 0 unspecified atom stereocenters. The van der Waals surface area contributed by atoms with Gasteiger partial charge in [0.15, 0.2) is 0 Å². The maximum atomic E-state index is 12.6. The van der Waals surface area contributed by atoms with Crippen LogP contribution < -0.4 is 10.6 Å². The van der Waals surface area contributed by atoms with Gasteiger partial charge in [-0.05, 0) is 29.1 Å². The molecule has 2 aromatic rings. The van der Waals surface area contributed by atoms with Crippen LogP contribution in [0.25, 0.3) is 0 Å². The Morgan fingerprint density at radius 1 is 1.18 bits per heavy atom. The lowest BCUT2D eigenvalue weighted by Gasteiger charge is -2.22. The van der Waals surface area contributed by atoms with Gasteiger partial charge in [-0.15, -0.1) is 11.3 Å². The molecule has 2 heterocycles. The van der Waals surface area contributed by atoms with E-state index in [1.807, 2.05) is 0 Å². The maximum absolute atomic E-state index is 12.6. The average molecular weight is 444 g/mol. The molecule has 1 aliphatic heterocycles. The zero-order valence-electron chi connectivity index (χ0n) is 14.6. The first-order valence-electron chi connectivity index (χ1n) is 8.35. The normalized spacial score (nSPS) is 17.4. The number of halogens is 1. The first kappa shape index (κ1) is 20.7. The summed E-state index contributed by atoms with van der Waals surface area (Å²) in [5.74, 6) is -1.68. The second kappa shape index (κ2) is 9.01. The van der Waals surface area contributed by atoms with Crippen LogP contribution in [0.15, 0.2) is 46.0 Å². The minimum Gasteiger partial charge on any atom is -0.359 e. The summed E-state index contributed by atoms with van der Waals surface area (Å²) in [5, 5.41) is 7.16. The van der Waals surface area contributed by atoms with Gasteiger partial charge in [0, 0.05) is 18.1 Å². The van der Waals surface area contributed by atoms with Crippen LogP contribution in [-0.4, -0.2) is 50.5 Å². The minimum atomic E-state index is -3.70. The van der Waals surface area contributed by atoms with Gasteiger partial charge in [0.1, 0.15) is 10.4 Å². The van der Waals surface area contributed by atoms with Crippen LogP contribution in [0.3, 0.4) is 0 Å². The topological polar surface area (TPSA) is 105 Å². The number of nitrogens with one attached hydrogen (secondary N) is 2. The van der Waals surface area contributed by atoms with Crippen LogP contribution in [-0.2, 0) is 30.9 Å². The van der Waals surface area contributed by atoms with E-state index in [4.69, 9.17) is 16.3 Å². The first-order valence-corrected chi connectivity index (χ1v) is 11.0. The van der Waals surface area contributed by atoms with Crippen LogP contribution in [0.5, 0.6) is 0 Å². The number of rotatable bonds is 6. The smallest absolute Gasteiger partial charge is 0.309 e. The van der Waals surface area contributed by atoms with E-state index in [1.165, 1.54) is 10.4 Å². The molecule has 0 saturated carbocycles. The summed E-state index contributed by atoms with van der Waals surface area (Å²) >= 11 is 6.90. The number of nitrogens with zero attached hydrogens (tertiary/aromatic N) is 1. The first-order chi connectivity index (χ1) is 13.4. The fraction of sp³-hybridized carbons (Fsp3) is 0.294. The number of carbonyl (C=O) groups is 2. The van der Waals surface area contributed by atoms with Gasteiger partial charge in [-0.1, -0.05) is 29.8 Å². The number of hydrogen-bond acceptors (Lipinski definition) is 6. The van der Waals surface area contributed by atoms with Crippen LogP contribution in [0.4, 0.5) is 0 Å². The molecule has 2 N–H and O–H groups in total. The van der Waals surface area contributed by atoms with E-state index in [9.17, 15) is 18.0 Å². The number of sulfonamides is 1. The molecule has 1 aromatic carbocycles. The Labute approximate surface area is 171 Å². The van der Waals surface area contributed by atoms with Gasteiger partial charge in [0.05, 0.1) is 13.2 Å². The van der Waals surface area contributed by atoms with E-state index in [0.717, 1.165) is 16.9 Å². The number of hydrogen-bond donors (Lipinski definition) is 2. The Balaban J connectivity index is 1.51. The molecule has 1 fully saturated rings. The highest BCUT2D eigenvalue weighted by molar-refractivity contribution is 7.91. The van der Waals surface area contributed by atoms with Crippen LogP contribution in [0.1, 0.15) is 5.56 Å². The largest absolute Gasteiger partial charge is 0.359 e. The van der Waals surface area contributed by atoms with E-state index in [2.05, 4.69) is 10.6 Å². The molecule has 1 aliphatic rings. The highest BCUT2D eigenvalue weighted by Crippen LogP contribution is 2.25. The zero-order chi connectivity index (χ0) is 20.1. The summed E-state index contributed by atoms with van der Waals surface area (Å²) in [4.78, 5) is 23.9. The lowest BCUT2D eigenvalue weighted by atomic mass is 10.2. The fourth-order valence-electron chi connectivity index (χ4n) is 2.59. The van der Waals surface area contributed by atoms with Crippen LogP contribution in [0, 0.1) is 0 Å². The maximum Gasteiger partial charge on any atom is 0.309 e. The third-order valence-electron chi connectivity index (χ3n) is 4.01. The van der Waals surface area contributed by atoms with Crippen molar-refractivity contribution in [1.29, 1.82) is 0 Å². The third kappa shape index (κ3) is 4.89. The summed E-state index contributed by atoms with van der Waals surface area (Å²) in [6.07, 6.45) is -0.861. The molecule has 0 radical (unpaired) electrons.